The number of hydrogen-bond acceptors (Lipinski definition) is 4. The second kappa shape index (κ2) is 8.32. The minimum absolute atomic E-state index is 0.0864. The van der Waals surface area contributed by atoms with Crippen molar-refractivity contribution in [2.75, 3.05) is 23.9 Å². The smallest absolute Gasteiger partial charge is 0.119 e. The van der Waals surface area contributed by atoms with Crippen LogP contribution in [0.2, 0.25) is 0 Å². The summed E-state index contributed by atoms with van der Waals surface area (Å²) in [5, 5.41) is 3.88. The predicted molar refractivity (Wildman–Crippen MR) is 117 cm³/mol. The molecule has 1 atom stereocenters. The molecule has 4 heteroatoms. The van der Waals surface area contributed by atoms with E-state index in [-0.39, 0.29) is 5.54 Å². The molecule has 1 aliphatic heterocycles. The molecule has 0 spiro atoms. The molecular formula is C23H23NOS2. The molecule has 3 aromatic carbocycles. The molecule has 1 heterocycles. The lowest BCUT2D eigenvalue weighted by atomic mass is 9.88. The normalized spacial score (nSPS) is 18.6. The highest BCUT2D eigenvalue weighted by atomic mass is 32.2. The summed E-state index contributed by atoms with van der Waals surface area (Å²) in [4.78, 5) is 2.70. The molecular weight excluding hydrogens is 370 g/mol. The molecule has 0 saturated heterocycles. The van der Waals surface area contributed by atoms with Crippen molar-refractivity contribution in [2.45, 2.75) is 21.8 Å². The Bertz CT molecular complexity index is 882. The van der Waals surface area contributed by atoms with E-state index in [4.69, 9.17) is 4.74 Å². The predicted octanol–water partition coefficient (Wildman–Crippen LogP) is 6.29. The van der Waals surface area contributed by atoms with Gasteiger partial charge in [-0.3, -0.25) is 0 Å². The zero-order valence-corrected chi connectivity index (χ0v) is 17.0. The fourth-order valence-electron chi connectivity index (χ4n) is 3.45. The maximum Gasteiger partial charge on any atom is 0.119 e. The Morgan fingerprint density at radius 1 is 0.963 bits per heavy atom. The molecule has 0 saturated carbocycles. The topological polar surface area (TPSA) is 21.3 Å². The standard InChI is InChI=1S/C23H23NOS2/c1-25-19-13-11-18(12-14-19)24-23(17-27-20-7-3-2-4-8-20)15-16-26-22-10-6-5-9-21(22)23/h2-14,24H,15-17H2,1H3/t23-/m1/s1. The van der Waals surface area contributed by atoms with E-state index in [9.17, 15) is 0 Å². The Labute approximate surface area is 169 Å². The lowest BCUT2D eigenvalue weighted by Gasteiger charge is -2.40. The molecule has 0 fully saturated rings. The maximum absolute atomic E-state index is 5.31. The van der Waals surface area contributed by atoms with Crippen LogP contribution in [0.15, 0.2) is 88.7 Å². The first kappa shape index (κ1) is 18.3. The van der Waals surface area contributed by atoms with Crippen LogP contribution in [0.5, 0.6) is 5.75 Å². The Morgan fingerprint density at radius 3 is 2.48 bits per heavy atom. The molecule has 0 unspecified atom stereocenters. The van der Waals surface area contributed by atoms with Crippen LogP contribution in [0.4, 0.5) is 5.69 Å². The van der Waals surface area contributed by atoms with E-state index in [0.29, 0.717) is 0 Å². The highest BCUT2D eigenvalue weighted by Gasteiger charge is 2.37. The van der Waals surface area contributed by atoms with Crippen LogP contribution in [-0.4, -0.2) is 18.6 Å². The molecule has 0 aliphatic carbocycles. The number of methoxy groups -OCH3 is 1. The summed E-state index contributed by atoms with van der Waals surface area (Å²) in [6.07, 6.45) is 1.10. The number of anilines is 1. The second-order valence-corrected chi connectivity index (χ2v) is 8.82. The molecule has 3 aromatic rings. The van der Waals surface area contributed by atoms with Gasteiger partial charge < -0.3 is 10.1 Å². The number of benzene rings is 3. The minimum Gasteiger partial charge on any atom is -0.497 e. The van der Waals surface area contributed by atoms with Crippen molar-refractivity contribution < 1.29 is 4.74 Å². The van der Waals surface area contributed by atoms with Crippen LogP contribution in [0.25, 0.3) is 0 Å². The fourth-order valence-corrected chi connectivity index (χ4v) is 5.85. The maximum atomic E-state index is 5.31. The molecule has 0 radical (unpaired) electrons. The van der Waals surface area contributed by atoms with Gasteiger partial charge >= 0.3 is 0 Å². The van der Waals surface area contributed by atoms with Crippen LogP contribution < -0.4 is 10.1 Å². The van der Waals surface area contributed by atoms with Gasteiger partial charge in [0.25, 0.3) is 0 Å². The van der Waals surface area contributed by atoms with Crippen molar-refractivity contribution in [3.63, 3.8) is 0 Å². The molecule has 1 N–H and O–H groups in total. The van der Waals surface area contributed by atoms with E-state index in [1.807, 2.05) is 35.7 Å². The fraction of sp³-hybridized carbons (Fsp3) is 0.217. The van der Waals surface area contributed by atoms with Crippen LogP contribution in [0.3, 0.4) is 0 Å². The highest BCUT2D eigenvalue weighted by molar-refractivity contribution is 7.99. The average molecular weight is 394 g/mol. The van der Waals surface area contributed by atoms with E-state index >= 15 is 0 Å². The number of thioether (sulfide) groups is 2. The van der Waals surface area contributed by atoms with E-state index in [0.717, 1.165) is 29.4 Å². The van der Waals surface area contributed by atoms with Gasteiger partial charge in [0.05, 0.1) is 12.6 Å². The van der Waals surface area contributed by atoms with E-state index in [1.165, 1.54) is 15.4 Å². The van der Waals surface area contributed by atoms with Gasteiger partial charge in [-0.25, -0.2) is 0 Å². The summed E-state index contributed by atoms with van der Waals surface area (Å²) in [5.41, 5.74) is 2.45. The Hall–Kier alpha value is -2.04. The number of rotatable bonds is 6. The second-order valence-electron chi connectivity index (χ2n) is 6.63. The van der Waals surface area contributed by atoms with Gasteiger partial charge in [-0.2, -0.15) is 0 Å². The molecule has 2 nitrogen and oxygen atoms in total. The highest BCUT2D eigenvalue weighted by Crippen LogP contribution is 2.45. The summed E-state index contributed by atoms with van der Waals surface area (Å²) < 4.78 is 5.31. The van der Waals surface area contributed by atoms with Crippen LogP contribution >= 0.6 is 23.5 Å². The summed E-state index contributed by atoms with van der Waals surface area (Å²) >= 11 is 3.88. The minimum atomic E-state index is -0.0864. The van der Waals surface area contributed by atoms with Gasteiger partial charge in [-0.15, -0.1) is 23.5 Å². The number of nitrogens with one attached hydrogen (secondary N) is 1. The van der Waals surface area contributed by atoms with Crippen molar-refractivity contribution >= 4 is 29.2 Å². The van der Waals surface area contributed by atoms with Crippen molar-refractivity contribution in [3.05, 3.63) is 84.4 Å². The third-order valence-electron chi connectivity index (χ3n) is 4.89. The van der Waals surface area contributed by atoms with Crippen LogP contribution in [0, 0.1) is 0 Å². The monoisotopic (exact) mass is 393 g/mol. The molecule has 1 aliphatic rings. The number of fused-ring (bicyclic) bond motifs is 1. The zero-order chi connectivity index (χ0) is 18.5. The largest absolute Gasteiger partial charge is 0.497 e. The lowest BCUT2D eigenvalue weighted by Crippen LogP contribution is -2.41. The number of ether oxygens (including phenoxy) is 1. The third kappa shape index (κ3) is 4.12. The lowest BCUT2D eigenvalue weighted by molar-refractivity contribution is 0.415. The van der Waals surface area contributed by atoms with Gasteiger partial charge in [0.1, 0.15) is 5.75 Å². The van der Waals surface area contributed by atoms with Crippen LogP contribution in [0.1, 0.15) is 12.0 Å². The first-order valence-corrected chi connectivity index (χ1v) is 11.1. The Kier molecular flexibility index (Phi) is 5.65. The number of hydrogen-bond donors (Lipinski definition) is 1. The van der Waals surface area contributed by atoms with Crippen LogP contribution in [-0.2, 0) is 5.54 Å². The van der Waals surface area contributed by atoms with Crippen molar-refractivity contribution in [3.8, 4) is 5.75 Å². The SMILES string of the molecule is COc1ccc(N[C@@]2(CSc3ccccc3)CCSc3ccccc32)cc1. The molecule has 0 amide bonds. The Balaban J connectivity index is 1.66. The van der Waals surface area contributed by atoms with Gasteiger partial charge in [-0.05, 0) is 54.4 Å². The van der Waals surface area contributed by atoms with E-state index in [2.05, 4.69) is 72.0 Å². The third-order valence-corrected chi connectivity index (χ3v) is 7.21. The van der Waals surface area contributed by atoms with Crippen molar-refractivity contribution in [2.24, 2.45) is 0 Å². The van der Waals surface area contributed by atoms with Gasteiger partial charge in [0.15, 0.2) is 0 Å². The molecule has 27 heavy (non-hydrogen) atoms. The van der Waals surface area contributed by atoms with E-state index < -0.39 is 0 Å². The first-order chi connectivity index (χ1) is 13.3. The van der Waals surface area contributed by atoms with E-state index in [1.54, 1.807) is 7.11 Å². The summed E-state index contributed by atoms with van der Waals surface area (Å²) in [5.74, 6) is 2.99. The van der Waals surface area contributed by atoms with Crippen molar-refractivity contribution in [1.82, 2.24) is 0 Å². The summed E-state index contributed by atoms with van der Waals surface area (Å²) in [6.45, 7) is 0. The first-order valence-electron chi connectivity index (χ1n) is 9.11. The Morgan fingerprint density at radius 2 is 1.70 bits per heavy atom. The van der Waals surface area contributed by atoms with Crippen molar-refractivity contribution in [1.29, 1.82) is 0 Å². The summed E-state index contributed by atoms with van der Waals surface area (Å²) in [7, 11) is 1.70. The molecule has 0 aromatic heterocycles. The molecule has 0 bridgehead atoms. The zero-order valence-electron chi connectivity index (χ0n) is 15.4. The van der Waals surface area contributed by atoms with Gasteiger partial charge in [0.2, 0.25) is 0 Å². The van der Waals surface area contributed by atoms with Gasteiger partial charge in [-0.1, -0.05) is 36.4 Å². The average Bonchev–Trinajstić information content (AvgIpc) is 2.74. The van der Waals surface area contributed by atoms with Gasteiger partial charge in [0, 0.05) is 27.0 Å². The molecule has 138 valence electrons. The quantitative estimate of drug-likeness (QED) is 0.497. The summed E-state index contributed by atoms with van der Waals surface area (Å²) in [6, 6.07) is 27.7. The molecule has 4 rings (SSSR count).